The molecule has 3 N–H and O–H groups in total. The molecule has 0 aromatic carbocycles. The highest BCUT2D eigenvalue weighted by molar-refractivity contribution is 5.78. The van der Waals surface area contributed by atoms with E-state index in [1.807, 2.05) is 0 Å². The number of aliphatic hydroxyl groups excluding tert-OH is 2. The van der Waals surface area contributed by atoms with E-state index in [1.54, 1.807) is 0 Å². The van der Waals surface area contributed by atoms with Crippen LogP contribution in [0.15, 0.2) is 0 Å². The maximum Gasteiger partial charge on any atom is 0.300 e. The predicted molar refractivity (Wildman–Crippen MR) is 82.4 cm³/mol. The lowest BCUT2D eigenvalue weighted by atomic mass is 10.1. The van der Waals surface area contributed by atoms with Crippen molar-refractivity contribution in [2.75, 3.05) is 26.4 Å². The number of Topliss-reactive ketones (excluding diaryl/α,β-unsaturated/α-hetero) is 1. The molecule has 128 valence electrons. The van der Waals surface area contributed by atoms with E-state index >= 15 is 0 Å². The summed E-state index contributed by atoms with van der Waals surface area (Å²) in [6, 6.07) is 0. The van der Waals surface area contributed by atoms with Gasteiger partial charge in [-0.1, -0.05) is 26.7 Å². The Morgan fingerprint density at radius 3 is 1.48 bits per heavy atom. The zero-order valence-electron chi connectivity index (χ0n) is 13.6. The van der Waals surface area contributed by atoms with Crippen LogP contribution in [0.1, 0.15) is 59.3 Å². The van der Waals surface area contributed by atoms with Crippen molar-refractivity contribution in [3.05, 3.63) is 0 Å². The number of carboxylic acids is 1. The molecule has 0 amide bonds. The first-order chi connectivity index (χ1) is 9.95. The van der Waals surface area contributed by atoms with Gasteiger partial charge in [0.1, 0.15) is 5.78 Å². The highest BCUT2D eigenvalue weighted by Gasteiger charge is 1.98. The third kappa shape index (κ3) is 45.4. The Morgan fingerprint density at radius 2 is 1.24 bits per heavy atom. The number of aliphatic carboxylic acids is 1. The summed E-state index contributed by atoms with van der Waals surface area (Å²) in [5.74, 6) is -0.385. The minimum Gasteiger partial charge on any atom is -0.481 e. The minimum absolute atomic E-state index is 0.0278. The van der Waals surface area contributed by atoms with Crippen molar-refractivity contribution in [2.45, 2.75) is 59.3 Å². The molecule has 0 radical (unpaired) electrons. The number of carboxylic acid groups (broad SMARTS) is 1. The van der Waals surface area contributed by atoms with E-state index < -0.39 is 5.97 Å². The van der Waals surface area contributed by atoms with Crippen molar-refractivity contribution in [1.29, 1.82) is 0 Å². The summed E-state index contributed by atoms with van der Waals surface area (Å²) in [5.41, 5.74) is 0. The Balaban J connectivity index is -0.000000256. The topological polar surface area (TPSA) is 104 Å². The monoisotopic (exact) mass is 308 g/mol. The third-order valence-corrected chi connectivity index (χ3v) is 2.09. The molecule has 0 bridgehead atoms. The highest BCUT2D eigenvalue weighted by Crippen LogP contribution is 2.02. The fourth-order valence-corrected chi connectivity index (χ4v) is 1.10. The normalized spacial score (nSPS) is 9.00. The molecule has 21 heavy (non-hydrogen) atoms. The van der Waals surface area contributed by atoms with Crippen LogP contribution in [0.2, 0.25) is 0 Å². The molecule has 6 nitrogen and oxygen atoms in total. The van der Waals surface area contributed by atoms with Crippen LogP contribution in [0.25, 0.3) is 0 Å². The maximum atomic E-state index is 11.0. The molecule has 0 rings (SSSR count). The van der Waals surface area contributed by atoms with E-state index in [1.165, 1.54) is 0 Å². The zero-order chi connectivity index (χ0) is 16.9. The van der Waals surface area contributed by atoms with Gasteiger partial charge in [-0.25, -0.2) is 0 Å². The quantitative estimate of drug-likeness (QED) is 0.533. The lowest BCUT2D eigenvalue weighted by Gasteiger charge is -1.96. The molecule has 0 spiro atoms. The average Bonchev–Trinajstić information content (AvgIpc) is 2.43. The number of carbonyl (C=O) groups excluding carboxylic acids is 1. The Morgan fingerprint density at radius 1 is 0.905 bits per heavy atom. The van der Waals surface area contributed by atoms with Gasteiger partial charge in [0.15, 0.2) is 0 Å². The number of unbranched alkanes of at least 4 members (excludes halogenated alkanes) is 2. The van der Waals surface area contributed by atoms with Crippen LogP contribution in [0.5, 0.6) is 0 Å². The van der Waals surface area contributed by atoms with Crippen LogP contribution >= 0.6 is 0 Å². The van der Waals surface area contributed by atoms with Crippen LogP contribution in [-0.4, -0.2) is 53.5 Å². The number of ether oxygens (including phenoxy) is 1. The van der Waals surface area contributed by atoms with Crippen molar-refractivity contribution >= 4 is 11.8 Å². The SMILES string of the molecule is CC(=O)O.CCCCC(=O)CCCC.OCCOCCO. The molecule has 0 aliphatic heterocycles. The molecule has 0 fully saturated rings. The number of hydrogen-bond donors (Lipinski definition) is 3. The second kappa shape index (κ2) is 24.1. The molecule has 6 heteroatoms. The van der Waals surface area contributed by atoms with E-state index in [-0.39, 0.29) is 13.2 Å². The summed E-state index contributed by atoms with van der Waals surface area (Å²) in [5, 5.41) is 23.6. The fourth-order valence-electron chi connectivity index (χ4n) is 1.10. The minimum atomic E-state index is -0.833. The van der Waals surface area contributed by atoms with Gasteiger partial charge in [-0.3, -0.25) is 9.59 Å². The summed E-state index contributed by atoms with van der Waals surface area (Å²) in [6.07, 6.45) is 6.02. The van der Waals surface area contributed by atoms with Crippen molar-refractivity contribution in [3.8, 4) is 0 Å². The summed E-state index contributed by atoms with van der Waals surface area (Å²) in [7, 11) is 0. The molecule has 0 saturated heterocycles. The highest BCUT2D eigenvalue weighted by atomic mass is 16.5. The number of hydrogen-bond acceptors (Lipinski definition) is 5. The molecule has 0 saturated carbocycles. The van der Waals surface area contributed by atoms with E-state index in [0.717, 1.165) is 45.4 Å². The maximum absolute atomic E-state index is 11.0. The molecule has 0 aliphatic rings. The number of aliphatic hydroxyl groups is 2. The van der Waals surface area contributed by atoms with Gasteiger partial charge < -0.3 is 20.1 Å². The van der Waals surface area contributed by atoms with E-state index in [2.05, 4.69) is 18.6 Å². The second-order valence-electron chi connectivity index (χ2n) is 4.32. The standard InChI is InChI=1S/C9H18O.C4H10O3.C2H4O2/c1-3-5-7-9(10)8-6-4-2;5-1-3-7-4-2-6;1-2(3)4/h3-8H2,1-2H3;5-6H,1-4H2;1H3,(H,3,4). The van der Waals surface area contributed by atoms with Crippen LogP contribution in [0.3, 0.4) is 0 Å². The van der Waals surface area contributed by atoms with E-state index in [9.17, 15) is 4.79 Å². The average molecular weight is 308 g/mol. The van der Waals surface area contributed by atoms with Crippen LogP contribution < -0.4 is 0 Å². The molecule has 0 unspecified atom stereocenters. The van der Waals surface area contributed by atoms with Gasteiger partial charge in [-0.15, -0.1) is 0 Å². The molecule has 0 aliphatic carbocycles. The third-order valence-electron chi connectivity index (χ3n) is 2.09. The first-order valence-corrected chi connectivity index (χ1v) is 7.46. The summed E-state index contributed by atoms with van der Waals surface area (Å²) in [6.45, 7) is 6.02. The zero-order valence-corrected chi connectivity index (χ0v) is 13.6. The molecule has 0 aromatic heterocycles. The predicted octanol–water partition coefficient (Wildman–Crippen LogP) is 2.01. The van der Waals surface area contributed by atoms with Crippen molar-refractivity contribution < 1.29 is 29.6 Å². The number of carbonyl (C=O) groups is 2. The number of rotatable bonds is 10. The van der Waals surface area contributed by atoms with E-state index in [0.29, 0.717) is 19.0 Å². The lowest BCUT2D eigenvalue weighted by Crippen LogP contribution is -2.03. The van der Waals surface area contributed by atoms with Gasteiger partial charge >= 0.3 is 0 Å². The summed E-state index contributed by atoms with van der Waals surface area (Å²) in [4.78, 5) is 20.0. The van der Waals surface area contributed by atoms with Crippen molar-refractivity contribution in [2.24, 2.45) is 0 Å². The van der Waals surface area contributed by atoms with Gasteiger partial charge in [0, 0.05) is 19.8 Å². The second-order valence-corrected chi connectivity index (χ2v) is 4.32. The van der Waals surface area contributed by atoms with Gasteiger partial charge in [0.2, 0.25) is 0 Å². The molecule has 0 heterocycles. The van der Waals surface area contributed by atoms with Crippen LogP contribution in [-0.2, 0) is 14.3 Å². The van der Waals surface area contributed by atoms with Crippen LogP contribution in [0.4, 0.5) is 0 Å². The largest absolute Gasteiger partial charge is 0.481 e. The van der Waals surface area contributed by atoms with Gasteiger partial charge in [0.05, 0.1) is 26.4 Å². The van der Waals surface area contributed by atoms with Gasteiger partial charge in [-0.2, -0.15) is 0 Å². The van der Waals surface area contributed by atoms with Gasteiger partial charge in [-0.05, 0) is 12.8 Å². The fraction of sp³-hybridized carbons (Fsp3) is 0.867. The number of ketones is 1. The Kier molecular flexibility index (Phi) is 28.7. The first-order valence-electron chi connectivity index (χ1n) is 7.46. The molecular weight excluding hydrogens is 276 g/mol. The smallest absolute Gasteiger partial charge is 0.300 e. The van der Waals surface area contributed by atoms with E-state index in [4.69, 9.17) is 20.1 Å². The summed E-state index contributed by atoms with van der Waals surface area (Å²) < 4.78 is 4.63. The molecular formula is C15H32O6. The van der Waals surface area contributed by atoms with Gasteiger partial charge in [0.25, 0.3) is 5.97 Å². The Hall–Kier alpha value is -0.980. The molecule has 0 aromatic rings. The Bertz CT molecular complexity index is 200. The van der Waals surface area contributed by atoms with Crippen molar-refractivity contribution in [3.63, 3.8) is 0 Å². The lowest BCUT2D eigenvalue weighted by molar-refractivity contribution is -0.134. The summed E-state index contributed by atoms with van der Waals surface area (Å²) >= 11 is 0. The van der Waals surface area contributed by atoms with Crippen LogP contribution in [0, 0.1) is 0 Å². The Labute approximate surface area is 128 Å². The molecule has 0 atom stereocenters. The van der Waals surface area contributed by atoms with Crippen molar-refractivity contribution in [1.82, 2.24) is 0 Å². The first kappa shape index (κ1) is 25.0.